The Bertz CT molecular complexity index is 471. The first kappa shape index (κ1) is 15.0. The van der Waals surface area contributed by atoms with Gasteiger partial charge in [0.2, 0.25) is 0 Å². The smallest absolute Gasteiger partial charge is 0.142 e. The standard InChI is InChI=1S/C16H26N4/c1-16(2)8-6-13(7-9-16)20(3)11-12-5-4-10-19-14(12)15(17)18/h4-5,10,13H,6-9,11H2,1-3H3,(H3,17,18). The summed E-state index contributed by atoms with van der Waals surface area (Å²) in [5, 5.41) is 7.61. The number of pyridine rings is 1. The summed E-state index contributed by atoms with van der Waals surface area (Å²) in [4.78, 5) is 6.61. The van der Waals surface area contributed by atoms with Gasteiger partial charge in [0.1, 0.15) is 11.5 Å². The molecule has 1 aromatic rings. The first-order valence-corrected chi connectivity index (χ1v) is 7.37. The second kappa shape index (κ2) is 5.92. The highest BCUT2D eigenvalue weighted by atomic mass is 15.1. The molecule has 0 atom stereocenters. The molecule has 1 fully saturated rings. The first-order valence-electron chi connectivity index (χ1n) is 7.37. The molecule has 2 rings (SSSR count). The van der Waals surface area contributed by atoms with Crippen LogP contribution in [0, 0.1) is 10.8 Å². The van der Waals surface area contributed by atoms with E-state index in [9.17, 15) is 0 Å². The molecule has 0 unspecified atom stereocenters. The van der Waals surface area contributed by atoms with Gasteiger partial charge in [-0.1, -0.05) is 19.9 Å². The number of amidine groups is 1. The molecule has 4 nitrogen and oxygen atoms in total. The van der Waals surface area contributed by atoms with Gasteiger partial charge in [-0.15, -0.1) is 0 Å². The van der Waals surface area contributed by atoms with Crippen LogP contribution in [0.1, 0.15) is 50.8 Å². The van der Waals surface area contributed by atoms with Crippen molar-refractivity contribution >= 4 is 5.84 Å². The van der Waals surface area contributed by atoms with Crippen LogP contribution in [0.25, 0.3) is 0 Å². The third kappa shape index (κ3) is 3.57. The van der Waals surface area contributed by atoms with Crippen LogP contribution in [0.3, 0.4) is 0 Å². The van der Waals surface area contributed by atoms with Gasteiger partial charge in [0, 0.05) is 18.8 Å². The van der Waals surface area contributed by atoms with Crippen LogP contribution in [-0.4, -0.2) is 28.8 Å². The zero-order valence-corrected chi connectivity index (χ0v) is 12.8. The van der Waals surface area contributed by atoms with E-state index in [-0.39, 0.29) is 5.84 Å². The Morgan fingerprint density at radius 3 is 2.70 bits per heavy atom. The van der Waals surface area contributed by atoms with Crippen LogP contribution in [-0.2, 0) is 6.54 Å². The number of hydrogen-bond acceptors (Lipinski definition) is 3. The fraction of sp³-hybridized carbons (Fsp3) is 0.625. The molecule has 0 radical (unpaired) electrons. The van der Waals surface area contributed by atoms with E-state index in [0.29, 0.717) is 17.2 Å². The van der Waals surface area contributed by atoms with Crippen molar-refractivity contribution in [3.63, 3.8) is 0 Å². The van der Waals surface area contributed by atoms with Crippen molar-refractivity contribution in [3.8, 4) is 0 Å². The van der Waals surface area contributed by atoms with Crippen LogP contribution >= 0.6 is 0 Å². The topological polar surface area (TPSA) is 66.0 Å². The van der Waals surface area contributed by atoms with Crippen LogP contribution in [0.4, 0.5) is 0 Å². The van der Waals surface area contributed by atoms with Crippen molar-refractivity contribution in [2.75, 3.05) is 7.05 Å². The molecule has 1 heterocycles. The maximum Gasteiger partial charge on any atom is 0.142 e. The van der Waals surface area contributed by atoms with Gasteiger partial charge in [-0.05, 0) is 49.8 Å². The van der Waals surface area contributed by atoms with Gasteiger partial charge in [-0.3, -0.25) is 15.3 Å². The number of nitrogens with two attached hydrogens (primary N) is 1. The van der Waals surface area contributed by atoms with Crippen LogP contribution in [0.5, 0.6) is 0 Å². The molecule has 4 heteroatoms. The summed E-state index contributed by atoms with van der Waals surface area (Å²) < 4.78 is 0. The third-order valence-electron chi connectivity index (χ3n) is 4.50. The molecule has 0 spiro atoms. The van der Waals surface area contributed by atoms with Gasteiger partial charge in [0.05, 0.1) is 0 Å². The summed E-state index contributed by atoms with van der Waals surface area (Å²) in [6, 6.07) is 4.56. The lowest BCUT2D eigenvalue weighted by Gasteiger charge is -2.38. The molecule has 3 N–H and O–H groups in total. The molecule has 0 bridgehead atoms. The van der Waals surface area contributed by atoms with Gasteiger partial charge < -0.3 is 5.73 Å². The number of rotatable bonds is 4. The van der Waals surface area contributed by atoms with E-state index in [0.717, 1.165) is 12.1 Å². The fourth-order valence-electron chi connectivity index (χ4n) is 3.03. The van der Waals surface area contributed by atoms with E-state index in [2.05, 4.69) is 30.8 Å². The highest BCUT2D eigenvalue weighted by molar-refractivity contribution is 5.94. The van der Waals surface area contributed by atoms with Gasteiger partial charge in [0.25, 0.3) is 0 Å². The molecule has 110 valence electrons. The Morgan fingerprint density at radius 2 is 2.10 bits per heavy atom. The molecule has 1 saturated carbocycles. The second-order valence-corrected chi connectivity index (χ2v) is 6.74. The maximum atomic E-state index is 7.61. The summed E-state index contributed by atoms with van der Waals surface area (Å²) >= 11 is 0. The molecular formula is C16H26N4. The average molecular weight is 274 g/mol. The van der Waals surface area contributed by atoms with Crippen molar-refractivity contribution < 1.29 is 0 Å². The van der Waals surface area contributed by atoms with Crippen molar-refractivity contribution in [1.82, 2.24) is 9.88 Å². The predicted octanol–water partition coefficient (Wildman–Crippen LogP) is 2.77. The quantitative estimate of drug-likeness (QED) is 0.655. The van der Waals surface area contributed by atoms with Crippen molar-refractivity contribution in [2.45, 2.75) is 52.1 Å². The number of aromatic nitrogens is 1. The van der Waals surface area contributed by atoms with E-state index in [1.54, 1.807) is 6.20 Å². The molecule has 1 aliphatic carbocycles. The summed E-state index contributed by atoms with van der Waals surface area (Å²) in [7, 11) is 2.17. The lowest BCUT2D eigenvalue weighted by molar-refractivity contribution is 0.123. The number of hydrogen-bond donors (Lipinski definition) is 2. The largest absolute Gasteiger partial charge is 0.382 e. The number of nitrogen functional groups attached to an aromatic ring is 1. The Hall–Kier alpha value is -1.42. The molecule has 1 aliphatic rings. The summed E-state index contributed by atoms with van der Waals surface area (Å²) in [5.41, 5.74) is 7.77. The SMILES string of the molecule is CN(Cc1cccnc1C(=N)N)C1CCC(C)(C)CC1. The van der Waals surface area contributed by atoms with Crippen LogP contribution < -0.4 is 5.73 Å². The Balaban J connectivity index is 2.02. The van der Waals surface area contributed by atoms with E-state index >= 15 is 0 Å². The second-order valence-electron chi connectivity index (χ2n) is 6.74. The van der Waals surface area contributed by atoms with Crippen molar-refractivity contribution in [2.24, 2.45) is 11.1 Å². The van der Waals surface area contributed by atoms with Crippen LogP contribution in [0.15, 0.2) is 18.3 Å². The van der Waals surface area contributed by atoms with Crippen molar-refractivity contribution in [3.05, 3.63) is 29.6 Å². The normalized spacial score (nSPS) is 19.2. The Labute approximate surface area is 121 Å². The molecule has 0 amide bonds. The lowest BCUT2D eigenvalue weighted by Crippen LogP contribution is -2.37. The summed E-state index contributed by atoms with van der Waals surface area (Å²) in [6.07, 6.45) is 6.77. The zero-order chi connectivity index (χ0) is 14.8. The molecule has 0 aromatic carbocycles. The molecule has 20 heavy (non-hydrogen) atoms. The Kier molecular flexibility index (Phi) is 4.43. The third-order valence-corrected chi connectivity index (χ3v) is 4.50. The van der Waals surface area contributed by atoms with Crippen LogP contribution in [0.2, 0.25) is 0 Å². The Morgan fingerprint density at radius 1 is 1.45 bits per heavy atom. The summed E-state index contributed by atoms with van der Waals surface area (Å²) in [6.45, 7) is 5.53. The van der Waals surface area contributed by atoms with E-state index in [1.165, 1.54) is 25.7 Å². The highest BCUT2D eigenvalue weighted by Gasteiger charge is 2.29. The lowest BCUT2D eigenvalue weighted by atomic mass is 9.75. The minimum Gasteiger partial charge on any atom is -0.382 e. The van der Waals surface area contributed by atoms with Gasteiger partial charge in [-0.25, -0.2) is 0 Å². The zero-order valence-electron chi connectivity index (χ0n) is 12.8. The van der Waals surface area contributed by atoms with E-state index < -0.39 is 0 Å². The molecule has 0 saturated heterocycles. The van der Waals surface area contributed by atoms with E-state index in [1.807, 2.05) is 12.1 Å². The maximum absolute atomic E-state index is 7.61. The van der Waals surface area contributed by atoms with E-state index in [4.69, 9.17) is 11.1 Å². The molecular weight excluding hydrogens is 248 g/mol. The average Bonchev–Trinajstić information content (AvgIpc) is 2.38. The minimum absolute atomic E-state index is 0.0544. The van der Waals surface area contributed by atoms with Gasteiger partial charge in [0.15, 0.2) is 0 Å². The first-order chi connectivity index (χ1) is 9.39. The predicted molar refractivity (Wildman–Crippen MR) is 82.8 cm³/mol. The van der Waals surface area contributed by atoms with Crippen molar-refractivity contribution in [1.29, 1.82) is 5.41 Å². The highest BCUT2D eigenvalue weighted by Crippen LogP contribution is 2.36. The minimum atomic E-state index is 0.0544. The van der Waals surface area contributed by atoms with Gasteiger partial charge >= 0.3 is 0 Å². The monoisotopic (exact) mass is 274 g/mol. The molecule has 0 aliphatic heterocycles. The number of nitrogens with one attached hydrogen (secondary N) is 1. The molecule has 1 aromatic heterocycles. The summed E-state index contributed by atoms with van der Waals surface area (Å²) in [5.74, 6) is 0.0544. The fourth-order valence-corrected chi connectivity index (χ4v) is 3.03. The number of nitrogens with zero attached hydrogens (tertiary/aromatic N) is 2. The van der Waals surface area contributed by atoms with Gasteiger partial charge in [-0.2, -0.15) is 0 Å².